The summed E-state index contributed by atoms with van der Waals surface area (Å²) in [6.07, 6.45) is 2.03. The van der Waals surface area contributed by atoms with Gasteiger partial charge in [0.25, 0.3) is 0 Å². The Bertz CT molecular complexity index is 1300. The lowest BCUT2D eigenvalue weighted by molar-refractivity contribution is 0.194. The molecule has 4 aromatic rings. The lowest BCUT2D eigenvalue weighted by atomic mass is 10.0. The van der Waals surface area contributed by atoms with Gasteiger partial charge in [-0.1, -0.05) is 60.1 Å². The molecule has 2 amide bonds. The molecule has 0 saturated heterocycles. The van der Waals surface area contributed by atoms with Crippen molar-refractivity contribution < 1.29 is 9.53 Å². The van der Waals surface area contributed by atoms with E-state index in [2.05, 4.69) is 22.0 Å². The fourth-order valence-electron chi connectivity index (χ4n) is 4.40. The van der Waals surface area contributed by atoms with E-state index in [1.807, 2.05) is 90.8 Å². The molecule has 0 radical (unpaired) electrons. The van der Waals surface area contributed by atoms with Gasteiger partial charge in [0.15, 0.2) is 0 Å². The number of halogens is 1. The summed E-state index contributed by atoms with van der Waals surface area (Å²) in [5, 5.41) is 3.69. The van der Waals surface area contributed by atoms with Crippen LogP contribution in [0.25, 0.3) is 5.69 Å². The number of hydrogen-bond donors (Lipinski definition) is 1. The van der Waals surface area contributed by atoms with Crippen molar-refractivity contribution in [1.29, 1.82) is 0 Å². The van der Waals surface area contributed by atoms with E-state index in [0.29, 0.717) is 29.6 Å². The Morgan fingerprint density at radius 1 is 1.00 bits per heavy atom. The van der Waals surface area contributed by atoms with E-state index >= 15 is 0 Å². The summed E-state index contributed by atoms with van der Waals surface area (Å²) in [7, 11) is 0. The zero-order chi connectivity index (χ0) is 22.8. The standard InChI is InChI=1S/C27H24ClN3O2/c1-2-33-25-16-8-6-13-22(25)29-27(32)31-18-19-10-3-7-14-23(19)30-17-9-15-24(30)26(31)20-11-4-5-12-21(20)28/h3-17,26H,2,18H2,1H3,(H,29,32)/t26-/m1/s1. The third-order valence-corrected chi connectivity index (χ3v) is 6.20. The van der Waals surface area contributed by atoms with Crippen LogP contribution in [0.4, 0.5) is 10.5 Å². The Hall–Kier alpha value is -3.70. The smallest absolute Gasteiger partial charge is 0.323 e. The number of fused-ring (bicyclic) bond motifs is 3. The molecule has 166 valence electrons. The van der Waals surface area contributed by atoms with E-state index in [0.717, 1.165) is 22.5 Å². The van der Waals surface area contributed by atoms with Crippen LogP contribution in [0.3, 0.4) is 0 Å². The van der Waals surface area contributed by atoms with E-state index in [1.165, 1.54) is 0 Å². The van der Waals surface area contributed by atoms with Gasteiger partial charge in [-0.15, -0.1) is 0 Å². The first-order valence-electron chi connectivity index (χ1n) is 11.0. The van der Waals surface area contributed by atoms with Crippen molar-refractivity contribution in [2.45, 2.75) is 19.5 Å². The minimum atomic E-state index is -0.375. The number of carbonyl (C=O) groups is 1. The molecule has 1 aliphatic heterocycles. The van der Waals surface area contributed by atoms with Gasteiger partial charge in [0.05, 0.1) is 30.2 Å². The average Bonchev–Trinajstić information content (AvgIpc) is 3.26. The second kappa shape index (κ2) is 9.04. The van der Waals surface area contributed by atoms with Crippen molar-refractivity contribution in [3.8, 4) is 11.4 Å². The van der Waals surface area contributed by atoms with Crippen LogP contribution < -0.4 is 10.1 Å². The molecule has 1 aliphatic rings. The number of hydrogen-bond acceptors (Lipinski definition) is 2. The van der Waals surface area contributed by atoms with Crippen molar-refractivity contribution in [2.24, 2.45) is 0 Å². The molecule has 33 heavy (non-hydrogen) atoms. The number of ether oxygens (including phenoxy) is 1. The summed E-state index contributed by atoms with van der Waals surface area (Å²) < 4.78 is 7.87. The quantitative estimate of drug-likeness (QED) is 0.372. The molecule has 0 saturated carbocycles. The first-order valence-corrected chi connectivity index (χ1v) is 11.3. The van der Waals surface area contributed by atoms with Crippen molar-refractivity contribution in [1.82, 2.24) is 9.47 Å². The summed E-state index contributed by atoms with van der Waals surface area (Å²) in [6.45, 7) is 2.86. The molecule has 2 heterocycles. The van der Waals surface area contributed by atoms with Gasteiger partial charge in [-0.05, 0) is 54.4 Å². The number of rotatable bonds is 4. The number of amides is 2. The fraction of sp³-hybridized carbons (Fsp3) is 0.148. The number of aromatic nitrogens is 1. The monoisotopic (exact) mass is 457 g/mol. The Kier molecular flexibility index (Phi) is 5.80. The number of anilines is 1. The molecule has 5 rings (SSSR count). The van der Waals surface area contributed by atoms with Crippen LogP contribution in [0.15, 0.2) is 91.1 Å². The summed E-state index contributed by atoms with van der Waals surface area (Å²) >= 11 is 6.66. The zero-order valence-electron chi connectivity index (χ0n) is 18.2. The van der Waals surface area contributed by atoms with Crippen LogP contribution in [0, 0.1) is 0 Å². The number of carbonyl (C=O) groups excluding carboxylic acids is 1. The molecule has 5 nitrogen and oxygen atoms in total. The zero-order valence-corrected chi connectivity index (χ0v) is 19.0. The number of nitrogens with one attached hydrogen (secondary N) is 1. The molecule has 6 heteroatoms. The summed E-state index contributed by atoms with van der Waals surface area (Å²) in [4.78, 5) is 15.7. The second-order valence-corrected chi connectivity index (χ2v) is 8.25. The van der Waals surface area contributed by atoms with Crippen LogP contribution in [0.5, 0.6) is 5.75 Å². The predicted octanol–water partition coefficient (Wildman–Crippen LogP) is 6.67. The molecule has 0 fully saturated rings. The normalized spacial score (nSPS) is 14.7. The molecular formula is C27H24ClN3O2. The lowest BCUT2D eigenvalue weighted by Gasteiger charge is -2.31. The minimum Gasteiger partial charge on any atom is -0.492 e. The Morgan fingerprint density at radius 2 is 1.76 bits per heavy atom. The number of urea groups is 1. The van der Waals surface area contributed by atoms with Crippen LogP contribution in [-0.2, 0) is 6.54 Å². The van der Waals surface area contributed by atoms with E-state index in [-0.39, 0.29) is 12.1 Å². The van der Waals surface area contributed by atoms with Gasteiger partial charge in [0.2, 0.25) is 0 Å². The number of benzene rings is 3. The molecular weight excluding hydrogens is 434 g/mol. The molecule has 1 N–H and O–H groups in total. The molecule has 0 unspecified atom stereocenters. The summed E-state index contributed by atoms with van der Waals surface area (Å²) in [5.74, 6) is 0.640. The van der Waals surface area contributed by atoms with Gasteiger partial charge >= 0.3 is 6.03 Å². The van der Waals surface area contributed by atoms with Gasteiger partial charge < -0.3 is 19.5 Å². The summed E-state index contributed by atoms with van der Waals surface area (Å²) in [6, 6.07) is 26.8. The van der Waals surface area contributed by atoms with E-state index < -0.39 is 0 Å². The van der Waals surface area contributed by atoms with E-state index in [4.69, 9.17) is 16.3 Å². The van der Waals surface area contributed by atoms with Crippen molar-refractivity contribution in [2.75, 3.05) is 11.9 Å². The lowest BCUT2D eigenvalue weighted by Crippen LogP contribution is -2.38. The first-order chi connectivity index (χ1) is 16.2. The third-order valence-electron chi connectivity index (χ3n) is 5.85. The third kappa shape index (κ3) is 3.96. The van der Waals surface area contributed by atoms with Gasteiger partial charge in [-0.25, -0.2) is 4.79 Å². The van der Waals surface area contributed by atoms with Crippen LogP contribution >= 0.6 is 11.6 Å². The van der Waals surface area contributed by atoms with Crippen LogP contribution in [0.2, 0.25) is 5.02 Å². The number of nitrogens with zero attached hydrogens (tertiary/aromatic N) is 2. The van der Waals surface area contributed by atoms with E-state index in [1.54, 1.807) is 0 Å². The van der Waals surface area contributed by atoms with Crippen molar-refractivity contribution in [3.63, 3.8) is 0 Å². The molecule has 3 aromatic carbocycles. The molecule has 0 spiro atoms. The number of para-hydroxylation sites is 3. The Morgan fingerprint density at radius 3 is 2.61 bits per heavy atom. The maximum atomic E-state index is 13.8. The highest BCUT2D eigenvalue weighted by Gasteiger charge is 2.34. The van der Waals surface area contributed by atoms with Crippen LogP contribution in [0.1, 0.15) is 29.8 Å². The van der Waals surface area contributed by atoms with Crippen molar-refractivity contribution in [3.05, 3.63) is 113 Å². The topological polar surface area (TPSA) is 46.5 Å². The highest BCUT2D eigenvalue weighted by Crippen LogP contribution is 2.39. The van der Waals surface area contributed by atoms with Crippen LogP contribution in [-0.4, -0.2) is 22.1 Å². The van der Waals surface area contributed by atoms with Gasteiger partial charge in [-0.2, -0.15) is 0 Å². The van der Waals surface area contributed by atoms with Gasteiger partial charge in [-0.3, -0.25) is 0 Å². The Labute approximate surface area is 198 Å². The SMILES string of the molecule is CCOc1ccccc1NC(=O)N1Cc2ccccc2-n2cccc2[C@H]1c1ccccc1Cl. The maximum Gasteiger partial charge on any atom is 0.323 e. The molecule has 0 bridgehead atoms. The maximum absolute atomic E-state index is 13.8. The summed E-state index contributed by atoms with van der Waals surface area (Å²) in [5.41, 5.74) is 4.59. The Balaban J connectivity index is 1.63. The van der Waals surface area contributed by atoms with Gasteiger partial charge in [0, 0.05) is 11.2 Å². The minimum absolute atomic E-state index is 0.225. The second-order valence-electron chi connectivity index (χ2n) is 7.84. The van der Waals surface area contributed by atoms with E-state index in [9.17, 15) is 4.79 Å². The highest BCUT2D eigenvalue weighted by atomic mass is 35.5. The highest BCUT2D eigenvalue weighted by molar-refractivity contribution is 6.31. The van der Waals surface area contributed by atoms with Gasteiger partial charge in [0.1, 0.15) is 11.8 Å². The molecule has 1 aromatic heterocycles. The largest absolute Gasteiger partial charge is 0.492 e. The first kappa shape index (κ1) is 21.2. The molecule has 1 atom stereocenters. The van der Waals surface area contributed by atoms with Crippen molar-refractivity contribution >= 4 is 23.3 Å². The molecule has 0 aliphatic carbocycles. The average molecular weight is 458 g/mol. The predicted molar refractivity (Wildman–Crippen MR) is 131 cm³/mol. The fourth-order valence-corrected chi connectivity index (χ4v) is 4.64.